The summed E-state index contributed by atoms with van der Waals surface area (Å²) in [5.74, 6) is 0.171. The smallest absolute Gasteiger partial charge is 0.338 e. The lowest BCUT2D eigenvalue weighted by molar-refractivity contribution is -0.140. The molecule has 2 heterocycles. The largest absolute Gasteiger partial charge is 0.493 e. The number of fused-ring (bicyclic) bond motifs is 1. The predicted octanol–water partition coefficient (Wildman–Crippen LogP) is 3.79. The van der Waals surface area contributed by atoms with E-state index in [9.17, 15) is 14.4 Å². The molecule has 0 bridgehead atoms. The van der Waals surface area contributed by atoms with Gasteiger partial charge in [0.2, 0.25) is 0 Å². The Morgan fingerprint density at radius 2 is 1.83 bits per heavy atom. The van der Waals surface area contributed by atoms with Crippen LogP contribution in [0.4, 0.5) is 0 Å². The van der Waals surface area contributed by atoms with E-state index < -0.39 is 18.0 Å². The Labute approximate surface area is 241 Å². The van der Waals surface area contributed by atoms with Gasteiger partial charge in [0, 0.05) is 0 Å². The number of carbonyl (C=O) groups is 2. The van der Waals surface area contributed by atoms with Gasteiger partial charge in [-0.1, -0.05) is 56.0 Å². The van der Waals surface area contributed by atoms with E-state index in [1.165, 1.54) is 23.0 Å². The average molecular weight is 577 g/mol. The molecule has 1 atom stereocenters. The molecule has 10 heteroatoms. The van der Waals surface area contributed by atoms with Crippen molar-refractivity contribution < 1.29 is 28.5 Å². The van der Waals surface area contributed by atoms with Crippen LogP contribution in [0.2, 0.25) is 0 Å². The monoisotopic (exact) mass is 576 g/mol. The zero-order chi connectivity index (χ0) is 29.7. The Bertz CT molecular complexity index is 1680. The van der Waals surface area contributed by atoms with E-state index in [0.717, 1.165) is 5.56 Å². The van der Waals surface area contributed by atoms with Crippen LogP contribution < -0.4 is 24.4 Å². The molecule has 1 aliphatic rings. The highest BCUT2D eigenvalue weighted by molar-refractivity contribution is 7.07. The topological polar surface area (TPSA) is 105 Å². The third-order valence-corrected chi connectivity index (χ3v) is 7.26. The number of aromatic nitrogens is 1. The first-order chi connectivity index (χ1) is 19.7. The van der Waals surface area contributed by atoms with Crippen molar-refractivity contribution in [3.63, 3.8) is 0 Å². The lowest BCUT2D eigenvalue weighted by Crippen LogP contribution is -2.40. The molecular formula is C31H32N2O7S. The SMILES string of the molecule is C=CCOc1ccc(C=c2sc3n(c2=O)C(c2ccc(C(=O)OC)cc2)C(C(=O)OCC(C)C)=C(C)N=3)cc1OC. The minimum absolute atomic E-state index is 0.129. The number of carbonyl (C=O) groups excluding carboxylic acids is 2. The van der Waals surface area contributed by atoms with Gasteiger partial charge in [-0.25, -0.2) is 14.6 Å². The minimum atomic E-state index is -0.802. The first kappa shape index (κ1) is 29.5. The second-order valence-electron chi connectivity index (χ2n) is 9.70. The van der Waals surface area contributed by atoms with Gasteiger partial charge in [0.05, 0.1) is 48.2 Å². The van der Waals surface area contributed by atoms with Crippen LogP contribution in [-0.2, 0) is 14.3 Å². The van der Waals surface area contributed by atoms with Gasteiger partial charge in [-0.3, -0.25) is 9.36 Å². The van der Waals surface area contributed by atoms with Crippen molar-refractivity contribution >= 4 is 29.4 Å². The summed E-state index contributed by atoms with van der Waals surface area (Å²) in [6, 6.07) is 11.2. The molecular weight excluding hydrogens is 544 g/mol. The quantitative estimate of drug-likeness (QED) is 0.267. The molecule has 0 saturated heterocycles. The minimum Gasteiger partial charge on any atom is -0.493 e. The molecule has 0 N–H and O–H groups in total. The molecule has 1 aliphatic heterocycles. The van der Waals surface area contributed by atoms with Crippen LogP contribution in [0.5, 0.6) is 11.5 Å². The van der Waals surface area contributed by atoms with Gasteiger partial charge in [0.25, 0.3) is 5.56 Å². The second kappa shape index (κ2) is 12.8. The van der Waals surface area contributed by atoms with Crippen LogP contribution >= 0.6 is 11.3 Å². The fraction of sp³-hybridized carbons (Fsp3) is 0.290. The first-order valence-corrected chi connectivity index (χ1v) is 13.8. The first-order valence-electron chi connectivity index (χ1n) is 13.0. The van der Waals surface area contributed by atoms with Crippen LogP contribution in [-0.4, -0.2) is 43.9 Å². The van der Waals surface area contributed by atoms with E-state index in [0.29, 0.717) is 44.3 Å². The van der Waals surface area contributed by atoms with Crippen molar-refractivity contribution in [1.29, 1.82) is 0 Å². The Morgan fingerprint density at radius 3 is 2.46 bits per heavy atom. The number of rotatable bonds is 10. The highest BCUT2D eigenvalue weighted by atomic mass is 32.1. The maximum atomic E-state index is 13.9. The van der Waals surface area contributed by atoms with Crippen LogP contribution in [0.1, 0.15) is 48.3 Å². The Kier molecular flexibility index (Phi) is 9.24. The summed E-state index contributed by atoms with van der Waals surface area (Å²) < 4.78 is 23.4. The van der Waals surface area contributed by atoms with Crippen molar-refractivity contribution in [2.75, 3.05) is 27.4 Å². The molecule has 1 unspecified atom stereocenters. The Morgan fingerprint density at radius 1 is 1.10 bits per heavy atom. The third-order valence-electron chi connectivity index (χ3n) is 6.28. The van der Waals surface area contributed by atoms with Crippen LogP contribution in [0.3, 0.4) is 0 Å². The van der Waals surface area contributed by atoms with E-state index in [1.807, 2.05) is 19.9 Å². The molecule has 2 aromatic carbocycles. The number of hydrogen-bond acceptors (Lipinski definition) is 9. The fourth-order valence-electron chi connectivity index (χ4n) is 4.33. The summed E-state index contributed by atoms with van der Waals surface area (Å²) in [5.41, 5.74) is 2.11. The van der Waals surface area contributed by atoms with Gasteiger partial charge in [-0.05, 0) is 54.3 Å². The second-order valence-corrected chi connectivity index (χ2v) is 10.7. The Hall–Kier alpha value is -4.44. The van der Waals surface area contributed by atoms with E-state index in [-0.39, 0.29) is 23.7 Å². The van der Waals surface area contributed by atoms with Gasteiger partial charge >= 0.3 is 11.9 Å². The molecule has 0 fully saturated rings. The van der Waals surface area contributed by atoms with Crippen molar-refractivity contribution in [3.05, 3.63) is 103 Å². The highest BCUT2D eigenvalue weighted by Crippen LogP contribution is 2.31. The number of methoxy groups -OCH3 is 2. The molecule has 9 nitrogen and oxygen atoms in total. The van der Waals surface area contributed by atoms with Crippen LogP contribution in [0, 0.1) is 5.92 Å². The van der Waals surface area contributed by atoms with Gasteiger partial charge in [0.15, 0.2) is 16.3 Å². The fourth-order valence-corrected chi connectivity index (χ4v) is 5.38. The molecule has 0 radical (unpaired) electrons. The van der Waals surface area contributed by atoms with Crippen molar-refractivity contribution in [1.82, 2.24) is 4.57 Å². The summed E-state index contributed by atoms with van der Waals surface area (Å²) in [6.45, 7) is 9.83. The van der Waals surface area contributed by atoms with E-state index in [1.54, 1.807) is 62.6 Å². The maximum Gasteiger partial charge on any atom is 0.338 e. The third kappa shape index (κ3) is 6.33. The van der Waals surface area contributed by atoms with Crippen molar-refractivity contribution in [3.8, 4) is 11.5 Å². The van der Waals surface area contributed by atoms with Gasteiger partial charge < -0.3 is 18.9 Å². The number of benzene rings is 2. The van der Waals surface area contributed by atoms with Crippen LogP contribution in [0.15, 0.2) is 76.2 Å². The molecule has 0 saturated carbocycles. The molecule has 0 spiro atoms. The molecule has 1 aromatic heterocycles. The molecule has 3 aromatic rings. The summed E-state index contributed by atoms with van der Waals surface area (Å²) in [5, 5.41) is 0. The summed E-state index contributed by atoms with van der Waals surface area (Å²) in [7, 11) is 2.85. The number of esters is 2. The average Bonchev–Trinajstić information content (AvgIpc) is 3.27. The summed E-state index contributed by atoms with van der Waals surface area (Å²) in [4.78, 5) is 44.3. The lowest BCUT2D eigenvalue weighted by Gasteiger charge is -2.25. The van der Waals surface area contributed by atoms with E-state index in [2.05, 4.69) is 11.6 Å². The lowest BCUT2D eigenvalue weighted by atomic mass is 9.95. The molecule has 4 rings (SSSR count). The van der Waals surface area contributed by atoms with E-state index >= 15 is 0 Å². The van der Waals surface area contributed by atoms with Crippen molar-refractivity contribution in [2.24, 2.45) is 10.9 Å². The maximum absolute atomic E-state index is 13.9. The van der Waals surface area contributed by atoms with Gasteiger partial charge in [0.1, 0.15) is 6.61 Å². The van der Waals surface area contributed by atoms with Gasteiger partial charge in [-0.15, -0.1) is 0 Å². The predicted molar refractivity (Wildman–Crippen MR) is 156 cm³/mol. The summed E-state index contributed by atoms with van der Waals surface area (Å²) >= 11 is 1.22. The molecule has 214 valence electrons. The summed E-state index contributed by atoms with van der Waals surface area (Å²) in [6.07, 6.45) is 3.39. The molecule has 41 heavy (non-hydrogen) atoms. The standard InChI is InChI=1S/C31H32N2O7S/c1-7-14-39-23-13-8-20(15-24(23)37-5)16-25-28(34)33-27(21-9-11-22(12-10-21)29(35)38-6)26(19(4)32-31(33)41-25)30(36)40-17-18(2)3/h7-13,15-16,18,27H,1,14,17H2,2-6H3. The van der Waals surface area contributed by atoms with E-state index in [4.69, 9.17) is 18.9 Å². The van der Waals surface area contributed by atoms with Crippen molar-refractivity contribution in [2.45, 2.75) is 26.8 Å². The number of allylic oxidation sites excluding steroid dienone is 1. The number of hydrogen-bond donors (Lipinski definition) is 0. The normalized spacial score (nSPS) is 14.8. The molecule has 0 aliphatic carbocycles. The van der Waals surface area contributed by atoms with Gasteiger partial charge in [-0.2, -0.15) is 0 Å². The number of thiazole rings is 1. The van der Waals surface area contributed by atoms with Crippen LogP contribution in [0.25, 0.3) is 6.08 Å². The zero-order valence-electron chi connectivity index (χ0n) is 23.6. The highest BCUT2D eigenvalue weighted by Gasteiger charge is 2.33. The Balaban J connectivity index is 1.85. The number of ether oxygens (including phenoxy) is 4. The zero-order valence-corrected chi connectivity index (χ0v) is 24.4. The molecule has 0 amide bonds. The number of nitrogens with zero attached hydrogens (tertiary/aromatic N) is 2.